The van der Waals surface area contributed by atoms with E-state index in [1.165, 1.54) is 83.5 Å². The summed E-state index contributed by atoms with van der Waals surface area (Å²) in [5, 5.41) is 0. The molecule has 0 aromatic rings. The third-order valence-electron chi connectivity index (χ3n) is 4.23. The van der Waals surface area contributed by atoms with Crippen LogP contribution in [0.25, 0.3) is 0 Å². The molecular weight excluding hydrogens is 352 g/mol. The molecule has 0 saturated heterocycles. The molecule has 0 aliphatic heterocycles. The van der Waals surface area contributed by atoms with Crippen LogP contribution in [0.2, 0.25) is 0 Å². The van der Waals surface area contributed by atoms with Crippen LogP contribution in [0.3, 0.4) is 0 Å². The van der Waals surface area contributed by atoms with Gasteiger partial charge in [0.05, 0.1) is 6.61 Å². The summed E-state index contributed by atoms with van der Waals surface area (Å²) in [6, 6.07) is 0. The van der Waals surface area contributed by atoms with Crippen LogP contribution in [0.15, 0.2) is 0 Å². The van der Waals surface area contributed by atoms with Gasteiger partial charge in [0, 0.05) is 0 Å². The maximum absolute atomic E-state index is 10.3. The van der Waals surface area contributed by atoms with Crippen LogP contribution in [0.4, 0.5) is 0 Å². The molecule has 0 aromatic heterocycles. The molecule has 0 spiro atoms. The summed E-state index contributed by atoms with van der Waals surface area (Å²) in [7, 11) is -4.24. The molecule has 6 heteroatoms. The molecule has 0 bridgehead atoms. The molecule has 0 radical (unpaired) electrons. The first-order valence-electron chi connectivity index (χ1n) is 9.68. The molecule has 0 aromatic carbocycles. The van der Waals surface area contributed by atoms with Crippen LogP contribution in [0.5, 0.6) is 0 Å². The third kappa shape index (κ3) is 25.4. The molecule has 24 heavy (non-hydrogen) atoms. The Kier molecular flexibility index (Phi) is 23.3. The Hall–Kier alpha value is 1.13. The van der Waals surface area contributed by atoms with Crippen molar-refractivity contribution in [2.24, 2.45) is 0 Å². The van der Waals surface area contributed by atoms with Crippen molar-refractivity contribution in [1.29, 1.82) is 0 Å². The van der Waals surface area contributed by atoms with Crippen molar-refractivity contribution < 1.29 is 20.0 Å². The first-order valence-corrected chi connectivity index (χ1v) is 11.0. The quantitative estimate of drug-likeness (QED) is 0.179. The smallest absolute Gasteiger partial charge is 1.00 e. The predicted octanol–water partition coefficient (Wildman–Crippen LogP) is 5.91. The molecular formula is C18H40CaO4S. The van der Waals surface area contributed by atoms with Gasteiger partial charge in [-0.1, -0.05) is 103 Å². The summed E-state index contributed by atoms with van der Waals surface area (Å²) >= 11 is 0. The van der Waals surface area contributed by atoms with E-state index in [1.807, 2.05) is 0 Å². The molecule has 1 N–H and O–H groups in total. The zero-order valence-corrected chi connectivity index (χ0v) is 18.8. The Labute approximate surface area is 183 Å². The van der Waals surface area contributed by atoms with Gasteiger partial charge in [0.1, 0.15) is 0 Å². The molecule has 144 valence electrons. The van der Waals surface area contributed by atoms with E-state index in [0.29, 0.717) is 6.42 Å². The van der Waals surface area contributed by atoms with E-state index in [4.69, 9.17) is 4.55 Å². The van der Waals surface area contributed by atoms with Crippen LogP contribution in [-0.4, -0.2) is 57.3 Å². The van der Waals surface area contributed by atoms with Crippen LogP contribution >= 0.6 is 0 Å². The fraction of sp³-hybridized carbons (Fsp3) is 1.00. The van der Waals surface area contributed by atoms with Gasteiger partial charge in [-0.05, 0) is 6.42 Å². The number of hydrogen-bond donors (Lipinski definition) is 1. The molecule has 4 nitrogen and oxygen atoms in total. The van der Waals surface area contributed by atoms with Crippen LogP contribution in [0.1, 0.15) is 113 Å². The van der Waals surface area contributed by atoms with Crippen molar-refractivity contribution in [2.45, 2.75) is 110 Å². The summed E-state index contributed by atoms with van der Waals surface area (Å²) in [5.41, 5.74) is 0. The SMILES string of the molecule is CCCCCCCCCCCCCCCCCCOS(=O)(=O)O.[Ca+2].[H-].[H-]. The van der Waals surface area contributed by atoms with Gasteiger partial charge in [0.25, 0.3) is 0 Å². The molecule has 0 unspecified atom stereocenters. The Morgan fingerprint density at radius 2 is 0.958 bits per heavy atom. The zero-order chi connectivity index (χ0) is 17.2. The summed E-state index contributed by atoms with van der Waals surface area (Å²) in [6.07, 6.45) is 20.5. The normalized spacial score (nSPS) is 11.4. The summed E-state index contributed by atoms with van der Waals surface area (Å²) in [4.78, 5) is 0. The standard InChI is InChI=1S/C18H38O4S.Ca.2H/c1-2-3-4-5-6-7-8-9-10-11-12-13-14-15-16-17-18-22-23(19,20)21;;;/h2-18H2,1H3,(H,19,20,21);;;/q;+2;2*-1. The van der Waals surface area contributed by atoms with Crippen molar-refractivity contribution in [2.75, 3.05) is 6.61 Å². The van der Waals surface area contributed by atoms with Gasteiger partial charge in [-0.3, -0.25) is 4.55 Å². The van der Waals surface area contributed by atoms with Crippen molar-refractivity contribution in [1.82, 2.24) is 0 Å². The summed E-state index contributed by atoms with van der Waals surface area (Å²) in [5.74, 6) is 0. The second-order valence-electron chi connectivity index (χ2n) is 6.55. The van der Waals surface area contributed by atoms with E-state index in [2.05, 4.69) is 11.1 Å². The monoisotopic (exact) mass is 392 g/mol. The van der Waals surface area contributed by atoms with Gasteiger partial charge in [-0.25, -0.2) is 4.18 Å². The number of rotatable bonds is 18. The van der Waals surface area contributed by atoms with E-state index < -0.39 is 10.4 Å². The molecule has 0 aliphatic carbocycles. The minimum absolute atomic E-state index is 0. The molecule has 0 amide bonds. The Morgan fingerprint density at radius 3 is 1.25 bits per heavy atom. The van der Waals surface area contributed by atoms with Gasteiger partial charge in [0.2, 0.25) is 0 Å². The topological polar surface area (TPSA) is 63.6 Å². The van der Waals surface area contributed by atoms with Crippen molar-refractivity contribution in [3.8, 4) is 0 Å². The van der Waals surface area contributed by atoms with Gasteiger partial charge in [0.15, 0.2) is 0 Å². The molecule has 0 fully saturated rings. The van der Waals surface area contributed by atoms with Gasteiger partial charge >= 0.3 is 48.1 Å². The third-order valence-corrected chi connectivity index (χ3v) is 4.69. The van der Waals surface area contributed by atoms with E-state index in [9.17, 15) is 8.42 Å². The fourth-order valence-electron chi connectivity index (χ4n) is 2.81. The van der Waals surface area contributed by atoms with E-state index in [0.717, 1.165) is 12.8 Å². The largest absolute Gasteiger partial charge is 2.00 e. The Balaban J connectivity index is -0.000000807. The van der Waals surface area contributed by atoms with Crippen molar-refractivity contribution in [3.63, 3.8) is 0 Å². The molecule has 0 saturated carbocycles. The van der Waals surface area contributed by atoms with Crippen molar-refractivity contribution in [3.05, 3.63) is 0 Å². The van der Waals surface area contributed by atoms with E-state index in [-0.39, 0.29) is 47.2 Å². The van der Waals surface area contributed by atoms with E-state index in [1.54, 1.807) is 0 Å². The molecule has 0 rings (SSSR count). The fourth-order valence-corrected chi connectivity index (χ4v) is 3.14. The second kappa shape index (κ2) is 20.4. The van der Waals surface area contributed by atoms with Gasteiger partial charge < -0.3 is 2.85 Å². The van der Waals surface area contributed by atoms with Crippen molar-refractivity contribution >= 4 is 48.1 Å². The first-order chi connectivity index (χ1) is 11.1. The predicted molar refractivity (Wildman–Crippen MR) is 105 cm³/mol. The average molecular weight is 393 g/mol. The molecule has 0 aliphatic rings. The van der Waals surface area contributed by atoms with Crippen LogP contribution in [0, 0.1) is 0 Å². The Morgan fingerprint density at radius 1 is 0.667 bits per heavy atom. The number of hydrogen-bond acceptors (Lipinski definition) is 3. The van der Waals surface area contributed by atoms with Crippen LogP contribution < -0.4 is 0 Å². The second-order valence-corrected chi connectivity index (χ2v) is 7.64. The Bertz CT molecular complexity index is 344. The molecule has 0 heterocycles. The summed E-state index contributed by atoms with van der Waals surface area (Å²) < 4.78 is 33.3. The first kappa shape index (κ1) is 27.3. The maximum Gasteiger partial charge on any atom is 2.00 e. The van der Waals surface area contributed by atoms with Crippen LogP contribution in [-0.2, 0) is 14.6 Å². The minimum Gasteiger partial charge on any atom is -1.00 e. The number of unbranched alkanes of at least 4 members (excludes halogenated alkanes) is 15. The summed E-state index contributed by atoms with van der Waals surface area (Å²) in [6.45, 7) is 2.36. The minimum atomic E-state index is -4.24. The average Bonchev–Trinajstić information content (AvgIpc) is 2.49. The van der Waals surface area contributed by atoms with E-state index >= 15 is 0 Å². The maximum atomic E-state index is 10.3. The van der Waals surface area contributed by atoms with Gasteiger partial charge in [-0.2, -0.15) is 8.42 Å². The van der Waals surface area contributed by atoms with Gasteiger partial charge in [-0.15, -0.1) is 0 Å². The molecule has 0 atom stereocenters. The zero-order valence-electron chi connectivity index (χ0n) is 17.8.